The first-order valence-electron chi connectivity index (χ1n) is 6.16. The Morgan fingerprint density at radius 1 is 1.38 bits per heavy atom. The van der Waals surface area contributed by atoms with Crippen molar-refractivity contribution in [3.05, 3.63) is 41.0 Å². The monoisotopic (exact) mass is 313 g/mol. The Balaban J connectivity index is 2.37. The lowest BCUT2D eigenvalue weighted by atomic mass is 10.2. The summed E-state index contributed by atoms with van der Waals surface area (Å²) in [7, 11) is -2.51. The molecule has 1 aromatic carbocycles. The van der Waals surface area contributed by atoms with Crippen LogP contribution in [0, 0.1) is 19.7 Å². The minimum absolute atomic E-state index is 0.00186. The van der Waals surface area contributed by atoms with Gasteiger partial charge < -0.3 is 10.3 Å². The average Bonchev–Trinajstić information content (AvgIpc) is 2.73. The molecule has 1 heterocycles. The number of benzene rings is 1. The minimum Gasteiger partial charge on any atom is -0.398 e. The van der Waals surface area contributed by atoms with Gasteiger partial charge in [0, 0.05) is 19.2 Å². The largest absolute Gasteiger partial charge is 0.398 e. The van der Waals surface area contributed by atoms with Gasteiger partial charge in [0.15, 0.2) is 0 Å². The summed E-state index contributed by atoms with van der Waals surface area (Å²) in [4.78, 5) is -0.253. The van der Waals surface area contributed by atoms with Gasteiger partial charge in [-0.2, -0.15) is 4.31 Å². The van der Waals surface area contributed by atoms with E-state index >= 15 is 0 Å². The van der Waals surface area contributed by atoms with E-state index in [1.807, 2.05) is 0 Å². The maximum atomic E-state index is 13.3. The van der Waals surface area contributed by atoms with Crippen LogP contribution in [-0.4, -0.2) is 24.9 Å². The molecule has 6 nitrogen and oxygen atoms in total. The number of aromatic nitrogens is 1. The molecule has 114 valence electrons. The van der Waals surface area contributed by atoms with Crippen LogP contribution in [0.25, 0.3) is 0 Å². The number of aryl methyl sites for hydroxylation is 2. The van der Waals surface area contributed by atoms with E-state index in [4.69, 9.17) is 10.3 Å². The fourth-order valence-electron chi connectivity index (χ4n) is 1.93. The van der Waals surface area contributed by atoms with Gasteiger partial charge in [0.25, 0.3) is 0 Å². The zero-order valence-electron chi connectivity index (χ0n) is 11.9. The summed E-state index contributed by atoms with van der Waals surface area (Å²) in [5.41, 5.74) is 6.93. The number of anilines is 1. The van der Waals surface area contributed by atoms with E-state index < -0.39 is 15.8 Å². The first kappa shape index (κ1) is 15.5. The Bertz CT molecular complexity index is 751. The van der Waals surface area contributed by atoms with Crippen molar-refractivity contribution in [2.24, 2.45) is 0 Å². The van der Waals surface area contributed by atoms with E-state index in [0.29, 0.717) is 17.0 Å². The highest BCUT2D eigenvalue weighted by Crippen LogP contribution is 2.25. The number of hydrogen-bond donors (Lipinski definition) is 1. The van der Waals surface area contributed by atoms with Gasteiger partial charge in [-0.3, -0.25) is 0 Å². The molecule has 21 heavy (non-hydrogen) atoms. The number of nitrogen functional groups attached to an aromatic ring is 1. The minimum atomic E-state index is -3.90. The van der Waals surface area contributed by atoms with Crippen molar-refractivity contribution >= 4 is 15.7 Å². The standard InChI is InChI=1S/C13H16FN3O3S/c1-8-11(9(2)20-16-8)7-17(3)21(18,19)13-6-10(14)4-5-12(13)15/h4-6H,7,15H2,1-3H3. The third kappa shape index (κ3) is 2.91. The summed E-state index contributed by atoms with van der Waals surface area (Å²) in [6.45, 7) is 3.49. The molecule has 1 aromatic heterocycles. The molecule has 2 rings (SSSR count). The molecule has 2 N–H and O–H groups in total. The predicted molar refractivity (Wildman–Crippen MR) is 75.4 cm³/mol. The van der Waals surface area contributed by atoms with Crippen molar-refractivity contribution in [1.29, 1.82) is 0 Å². The number of nitrogens with two attached hydrogens (primary N) is 1. The van der Waals surface area contributed by atoms with Crippen LogP contribution in [-0.2, 0) is 16.6 Å². The molecule has 0 fully saturated rings. The maximum absolute atomic E-state index is 13.3. The molecule has 0 spiro atoms. The van der Waals surface area contributed by atoms with E-state index in [-0.39, 0.29) is 17.1 Å². The first-order valence-corrected chi connectivity index (χ1v) is 7.60. The van der Waals surface area contributed by atoms with Crippen molar-refractivity contribution < 1.29 is 17.3 Å². The molecule has 0 atom stereocenters. The van der Waals surface area contributed by atoms with Gasteiger partial charge in [0.2, 0.25) is 10.0 Å². The van der Waals surface area contributed by atoms with Crippen molar-refractivity contribution in [3.8, 4) is 0 Å². The fourth-order valence-corrected chi connectivity index (χ4v) is 3.20. The summed E-state index contributed by atoms with van der Waals surface area (Å²) < 4.78 is 44.3. The molecule has 0 amide bonds. The van der Waals surface area contributed by atoms with E-state index in [1.54, 1.807) is 13.8 Å². The lowest BCUT2D eigenvalue weighted by Gasteiger charge is -2.18. The first-order chi connectivity index (χ1) is 9.73. The molecule has 0 unspecified atom stereocenters. The zero-order valence-corrected chi connectivity index (χ0v) is 12.7. The van der Waals surface area contributed by atoms with E-state index in [9.17, 15) is 12.8 Å². The van der Waals surface area contributed by atoms with Crippen molar-refractivity contribution in [2.75, 3.05) is 12.8 Å². The molecule has 0 saturated heterocycles. The van der Waals surface area contributed by atoms with Crippen molar-refractivity contribution in [1.82, 2.24) is 9.46 Å². The van der Waals surface area contributed by atoms with E-state index in [1.165, 1.54) is 13.1 Å². The van der Waals surface area contributed by atoms with Gasteiger partial charge in [-0.1, -0.05) is 5.16 Å². The Hall–Kier alpha value is -1.93. The van der Waals surface area contributed by atoms with Crippen molar-refractivity contribution in [2.45, 2.75) is 25.3 Å². The maximum Gasteiger partial charge on any atom is 0.245 e. The Labute approximate surface area is 122 Å². The van der Waals surface area contributed by atoms with Crippen LogP contribution in [0.15, 0.2) is 27.6 Å². The summed E-state index contributed by atoms with van der Waals surface area (Å²) in [6.07, 6.45) is 0. The summed E-state index contributed by atoms with van der Waals surface area (Å²) in [6, 6.07) is 3.25. The highest BCUT2D eigenvalue weighted by Gasteiger charge is 2.25. The van der Waals surface area contributed by atoms with Gasteiger partial charge in [0.1, 0.15) is 16.5 Å². The molecule has 0 aliphatic heterocycles. The van der Waals surface area contributed by atoms with Gasteiger partial charge in [-0.05, 0) is 32.0 Å². The topological polar surface area (TPSA) is 89.4 Å². The lowest BCUT2D eigenvalue weighted by molar-refractivity contribution is 0.390. The van der Waals surface area contributed by atoms with Crippen LogP contribution < -0.4 is 5.73 Å². The molecular weight excluding hydrogens is 297 g/mol. The second-order valence-electron chi connectivity index (χ2n) is 4.75. The number of nitrogens with zero attached hydrogens (tertiary/aromatic N) is 2. The summed E-state index contributed by atoms with van der Waals surface area (Å²) in [5, 5.41) is 3.77. The molecule has 0 saturated carbocycles. The van der Waals surface area contributed by atoms with Crippen LogP contribution in [0.2, 0.25) is 0 Å². The smallest absolute Gasteiger partial charge is 0.245 e. The Kier molecular flexibility index (Phi) is 4.02. The van der Waals surface area contributed by atoms with Crippen LogP contribution in [0.3, 0.4) is 0 Å². The number of halogens is 1. The fraction of sp³-hybridized carbons (Fsp3) is 0.308. The van der Waals surface area contributed by atoms with Gasteiger partial charge in [-0.25, -0.2) is 12.8 Å². The number of rotatable bonds is 4. The Morgan fingerprint density at radius 3 is 2.62 bits per heavy atom. The molecule has 0 aliphatic rings. The van der Waals surface area contributed by atoms with Gasteiger partial charge in [-0.15, -0.1) is 0 Å². The van der Waals surface area contributed by atoms with Gasteiger partial charge >= 0.3 is 0 Å². The Morgan fingerprint density at radius 2 is 2.05 bits per heavy atom. The normalized spacial score (nSPS) is 12.0. The SMILES string of the molecule is Cc1noc(C)c1CN(C)S(=O)(=O)c1cc(F)ccc1N. The van der Waals surface area contributed by atoms with Crippen LogP contribution in [0.1, 0.15) is 17.0 Å². The molecule has 0 aliphatic carbocycles. The molecular formula is C13H16FN3O3S. The van der Waals surface area contributed by atoms with E-state index in [2.05, 4.69) is 5.16 Å². The van der Waals surface area contributed by atoms with E-state index in [0.717, 1.165) is 16.4 Å². The highest BCUT2D eigenvalue weighted by molar-refractivity contribution is 7.89. The van der Waals surface area contributed by atoms with Crippen LogP contribution in [0.4, 0.5) is 10.1 Å². The third-order valence-electron chi connectivity index (χ3n) is 3.23. The third-order valence-corrected chi connectivity index (χ3v) is 5.08. The molecule has 2 aromatic rings. The summed E-state index contributed by atoms with van der Waals surface area (Å²) in [5.74, 6) is -0.115. The number of sulfonamides is 1. The zero-order chi connectivity index (χ0) is 15.8. The van der Waals surface area contributed by atoms with Crippen LogP contribution >= 0.6 is 0 Å². The van der Waals surface area contributed by atoms with Gasteiger partial charge in [0.05, 0.1) is 11.4 Å². The quantitative estimate of drug-likeness (QED) is 0.870. The summed E-state index contributed by atoms with van der Waals surface area (Å²) >= 11 is 0. The second kappa shape index (κ2) is 5.45. The highest BCUT2D eigenvalue weighted by atomic mass is 32.2. The lowest BCUT2D eigenvalue weighted by Crippen LogP contribution is -2.27. The second-order valence-corrected chi connectivity index (χ2v) is 6.76. The predicted octanol–water partition coefficient (Wildman–Crippen LogP) is 1.83. The average molecular weight is 313 g/mol. The molecule has 0 radical (unpaired) electrons. The molecule has 0 bridgehead atoms. The number of hydrogen-bond acceptors (Lipinski definition) is 5. The molecule has 8 heteroatoms. The van der Waals surface area contributed by atoms with Crippen LogP contribution in [0.5, 0.6) is 0 Å². The van der Waals surface area contributed by atoms with Crippen molar-refractivity contribution in [3.63, 3.8) is 0 Å².